The van der Waals surface area contributed by atoms with Gasteiger partial charge in [-0.3, -0.25) is 19.2 Å². The van der Waals surface area contributed by atoms with Crippen molar-refractivity contribution in [2.24, 2.45) is 0 Å². The molecule has 0 aromatic carbocycles. The number of rotatable bonds is 46. The Balaban J connectivity index is 3.13. The fraction of sp³-hybridized carbons (Fsp3) is 0.889. The smallest absolute Gasteiger partial charge is 0.305 e. The summed E-state index contributed by atoms with van der Waals surface area (Å²) in [5, 5.41) is 17.1. The van der Waals surface area contributed by atoms with E-state index in [1.54, 1.807) is 0 Å². The van der Waals surface area contributed by atoms with E-state index in [2.05, 4.69) is 0 Å². The van der Waals surface area contributed by atoms with Crippen LogP contribution in [0.3, 0.4) is 0 Å². The third-order valence-electron chi connectivity index (χ3n) is 6.74. The number of carbonyl (C=O) groups is 4. The molecule has 0 fully saturated rings. The predicted octanol–water partition coefficient (Wildman–Crippen LogP) is 1.55. The van der Waals surface area contributed by atoms with E-state index < -0.39 is 11.9 Å². The maximum absolute atomic E-state index is 11.5. The topological polar surface area (TPSA) is 229 Å². The Morgan fingerprint density at radius 1 is 0.255 bits per heavy atom. The molecule has 0 spiro atoms. The Kier molecular flexibility index (Phi) is 42.1. The molecule has 0 aromatic heterocycles. The van der Waals surface area contributed by atoms with Gasteiger partial charge in [-0.1, -0.05) is 0 Å². The number of carboxylic acids is 2. The molecule has 0 rings (SSSR count). The molecule has 0 heterocycles. The standard InChI is InChI=1S/C36H66O19/c37-33(38)5-1-3-7-35(41)54-31-29-52-27-25-50-23-21-48-19-17-46-15-13-44-11-9-43-10-12-45-14-16-47-18-20-49-22-24-51-26-28-53-30-32-55-36(42)8-4-2-6-34(39)40/h1-32H2,(H,37,38)(H,39,40). The zero-order valence-electron chi connectivity index (χ0n) is 32.5. The average molecular weight is 803 g/mol. The van der Waals surface area contributed by atoms with Gasteiger partial charge >= 0.3 is 23.9 Å². The monoisotopic (exact) mass is 802 g/mol. The first-order valence-electron chi connectivity index (χ1n) is 19.0. The van der Waals surface area contributed by atoms with Gasteiger partial charge in [0.15, 0.2) is 0 Å². The van der Waals surface area contributed by atoms with Crippen molar-refractivity contribution in [3.8, 4) is 0 Å². The number of hydrogen-bond acceptors (Lipinski definition) is 17. The van der Waals surface area contributed by atoms with Crippen LogP contribution in [0.4, 0.5) is 0 Å². The molecule has 324 valence electrons. The Hall–Kier alpha value is -2.56. The summed E-state index contributed by atoms with van der Waals surface area (Å²) in [5.41, 5.74) is 0. The molecular weight excluding hydrogens is 736 g/mol. The SMILES string of the molecule is O=C(O)CCCCC(=O)OCCOCCOCCOCCOCCOCCOCCOCCOCCOCCOCCOCCOC(=O)CCCCC(=O)O. The van der Waals surface area contributed by atoms with E-state index in [1.165, 1.54) is 0 Å². The average Bonchev–Trinajstić information content (AvgIpc) is 3.16. The van der Waals surface area contributed by atoms with Gasteiger partial charge in [0.05, 0.1) is 145 Å². The molecular formula is C36H66O19. The normalized spacial score (nSPS) is 11.2. The number of esters is 2. The van der Waals surface area contributed by atoms with Gasteiger partial charge in [-0.15, -0.1) is 0 Å². The second kappa shape index (κ2) is 44.2. The van der Waals surface area contributed by atoms with E-state index in [-0.39, 0.29) is 64.0 Å². The summed E-state index contributed by atoms with van der Waals surface area (Å²) in [6.45, 7) is 9.63. The van der Waals surface area contributed by atoms with Gasteiger partial charge in [-0.05, 0) is 25.7 Å². The van der Waals surface area contributed by atoms with Crippen molar-refractivity contribution in [1.29, 1.82) is 0 Å². The zero-order chi connectivity index (χ0) is 40.1. The van der Waals surface area contributed by atoms with Crippen molar-refractivity contribution in [2.45, 2.75) is 51.4 Å². The van der Waals surface area contributed by atoms with Gasteiger partial charge in [-0.2, -0.15) is 0 Å². The van der Waals surface area contributed by atoms with Gasteiger partial charge < -0.3 is 71.8 Å². The van der Waals surface area contributed by atoms with E-state index in [4.69, 9.17) is 71.8 Å². The lowest BCUT2D eigenvalue weighted by Gasteiger charge is -2.09. The zero-order valence-corrected chi connectivity index (χ0v) is 32.5. The highest BCUT2D eigenvalue weighted by Gasteiger charge is 2.05. The molecule has 0 aliphatic heterocycles. The number of hydrogen-bond donors (Lipinski definition) is 2. The fourth-order valence-corrected chi connectivity index (χ4v) is 3.97. The summed E-state index contributed by atoms with van der Waals surface area (Å²) in [5.74, 6) is -2.45. The third kappa shape index (κ3) is 47.5. The summed E-state index contributed by atoms with van der Waals surface area (Å²) in [4.78, 5) is 43.8. The Labute approximate surface area is 324 Å². The molecule has 0 atom stereocenters. The quantitative estimate of drug-likeness (QED) is 0.0657. The van der Waals surface area contributed by atoms with Crippen LogP contribution in [0, 0.1) is 0 Å². The van der Waals surface area contributed by atoms with Crippen LogP contribution < -0.4 is 0 Å². The largest absolute Gasteiger partial charge is 0.481 e. The minimum atomic E-state index is -0.869. The van der Waals surface area contributed by atoms with Crippen molar-refractivity contribution >= 4 is 23.9 Å². The molecule has 0 aliphatic rings. The van der Waals surface area contributed by atoms with Crippen LogP contribution in [0.2, 0.25) is 0 Å². The summed E-state index contributed by atoms with van der Waals surface area (Å²) in [6.07, 6.45) is 2.41. The molecule has 0 aliphatic carbocycles. The van der Waals surface area contributed by atoms with Crippen LogP contribution in [0.1, 0.15) is 51.4 Å². The minimum Gasteiger partial charge on any atom is -0.481 e. The first-order valence-corrected chi connectivity index (χ1v) is 19.0. The molecule has 55 heavy (non-hydrogen) atoms. The lowest BCUT2D eigenvalue weighted by atomic mass is 10.2. The van der Waals surface area contributed by atoms with Gasteiger partial charge in [0.25, 0.3) is 0 Å². The van der Waals surface area contributed by atoms with Crippen LogP contribution >= 0.6 is 0 Å². The molecule has 19 nitrogen and oxygen atoms in total. The summed E-state index contributed by atoms with van der Waals surface area (Å²) < 4.78 is 69.7. The van der Waals surface area contributed by atoms with Crippen LogP contribution in [0.25, 0.3) is 0 Å². The van der Waals surface area contributed by atoms with E-state index >= 15 is 0 Å². The molecule has 0 radical (unpaired) electrons. The Morgan fingerprint density at radius 3 is 0.600 bits per heavy atom. The fourth-order valence-electron chi connectivity index (χ4n) is 3.97. The highest BCUT2D eigenvalue weighted by molar-refractivity contribution is 5.70. The minimum absolute atomic E-state index is 0.0526. The Morgan fingerprint density at radius 2 is 0.418 bits per heavy atom. The van der Waals surface area contributed by atoms with Crippen molar-refractivity contribution < 1.29 is 91.0 Å². The maximum atomic E-state index is 11.5. The van der Waals surface area contributed by atoms with Crippen molar-refractivity contribution in [3.05, 3.63) is 0 Å². The molecule has 19 heteroatoms. The van der Waals surface area contributed by atoms with Gasteiger partial charge in [0, 0.05) is 25.7 Å². The second-order valence-corrected chi connectivity index (χ2v) is 11.4. The van der Waals surface area contributed by atoms with E-state index in [1.807, 2.05) is 0 Å². The lowest BCUT2D eigenvalue weighted by molar-refractivity contribution is -0.146. The van der Waals surface area contributed by atoms with Crippen LogP contribution in [0.5, 0.6) is 0 Å². The van der Waals surface area contributed by atoms with Gasteiger partial charge in [0.2, 0.25) is 0 Å². The molecule has 0 saturated carbocycles. The van der Waals surface area contributed by atoms with Crippen molar-refractivity contribution in [3.63, 3.8) is 0 Å². The molecule has 0 saturated heterocycles. The van der Waals surface area contributed by atoms with Crippen LogP contribution in [-0.2, 0) is 80.8 Å². The van der Waals surface area contributed by atoms with Crippen LogP contribution in [-0.4, -0.2) is 193 Å². The van der Waals surface area contributed by atoms with Crippen molar-refractivity contribution in [1.82, 2.24) is 0 Å². The Bertz CT molecular complexity index is 810. The first kappa shape index (κ1) is 52.4. The second-order valence-electron chi connectivity index (χ2n) is 11.4. The molecule has 0 unspecified atom stereocenters. The molecule has 2 N–H and O–H groups in total. The number of aliphatic carboxylic acids is 2. The number of carbonyl (C=O) groups excluding carboxylic acids is 2. The third-order valence-corrected chi connectivity index (χ3v) is 6.74. The summed E-state index contributed by atoms with van der Waals surface area (Å²) >= 11 is 0. The van der Waals surface area contributed by atoms with Crippen molar-refractivity contribution in [2.75, 3.05) is 159 Å². The molecule has 0 amide bonds. The molecule has 0 aromatic rings. The number of carboxylic acid groups (broad SMARTS) is 2. The highest BCUT2D eigenvalue weighted by Crippen LogP contribution is 2.02. The predicted molar refractivity (Wildman–Crippen MR) is 193 cm³/mol. The molecule has 0 bridgehead atoms. The number of ether oxygens (including phenoxy) is 13. The van der Waals surface area contributed by atoms with Crippen LogP contribution in [0.15, 0.2) is 0 Å². The van der Waals surface area contributed by atoms with E-state index in [0.29, 0.717) is 158 Å². The lowest BCUT2D eigenvalue weighted by Crippen LogP contribution is -2.16. The number of unbranched alkanes of at least 4 members (excludes halogenated alkanes) is 2. The van der Waals surface area contributed by atoms with Gasteiger partial charge in [0.1, 0.15) is 13.2 Å². The van der Waals surface area contributed by atoms with Gasteiger partial charge in [-0.25, -0.2) is 0 Å². The maximum Gasteiger partial charge on any atom is 0.305 e. The van der Waals surface area contributed by atoms with E-state index in [0.717, 1.165) is 0 Å². The summed E-state index contributed by atoms with van der Waals surface area (Å²) in [6, 6.07) is 0. The first-order chi connectivity index (χ1) is 26.9. The van der Waals surface area contributed by atoms with E-state index in [9.17, 15) is 19.2 Å². The highest BCUT2D eigenvalue weighted by atomic mass is 16.6. The summed E-state index contributed by atoms with van der Waals surface area (Å²) in [7, 11) is 0.